The minimum atomic E-state index is 0.295. The van der Waals surface area contributed by atoms with E-state index >= 15 is 0 Å². The van der Waals surface area contributed by atoms with Crippen molar-refractivity contribution < 1.29 is 4.79 Å². The molecule has 0 aliphatic heterocycles. The van der Waals surface area contributed by atoms with Crippen LogP contribution in [0.2, 0.25) is 0 Å². The van der Waals surface area contributed by atoms with Gasteiger partial charge in [0.25, 0.3) is 0 Å². The summed E-state index contributed by atoms with van der Waals surface area (Å²) in [6.45, 7) is 5.45. The summed E-state index contributed by atoms with van der Waals surface area (Å²) in [5.41, 5.74) is 0. The minimum absolute atomic E-state index is 0.295. The van der Waals surface area contributed by atoms with E-state index < -0.39 is 0 Å². The lowest BCUT2D eigenvalue weighted by molar-refractivity contribution is -0.119. The first-order valence-corrected chi connectivity index (χ1v) is 6.85. The van der Waals surface area contributed by atoms with Gasteiger partial charge < -0.3 is 4.90 Å². The molecule has 0 heterocycles. The van der Waals surface area contributed by atoms with Crippen LogP contribution in [0.15, 0.2) is 12.2 Å². The number of rotatable bonds is 5. The maximum absolute atomic E-state index is 12.0. The van der Waals surface area contributed by atoms with Crippen LogP contribution >= 0.6 is 0 Å². The Morgan fingerprint density at radius 2 is 1.82 bits per heavy atom. The van der Waals surface area contributed by atoms with Gasteiger partial charge in [0.2, 0.25) is 0 Å². The Morgan fingerprint density at radius 3 is 2.29 bits per heavy atom. The molecule has 1 aliphatic rings. The third kappa shape index (κ3) is 5.03. The van der Waals surface area contributed by atoms with Gasteiger partial charge >= 0.3 is 0 Å². The van der Waals surface area contributed by atoms with Crippen LogP contribution in [0, 0.1) is 17.8 Å². The van der Waals surface area contributed by atoms with Crippen LogP contribution in [0.4, 0.5) is 0 Å². The first-order chi connectivity index (χ1) is 8.00. The Labute approximate surface area is 106 Å². The topological polar surface area (TPSA) is 20.3 Å². The van der Waals surface area contributed by atoms with Crippen LogP contribution in [0.25, 0.3) is 0 Å². The summed E-state index contributed by atoms with van der Waals surface area (Å²) in [6, 6.07) is 0. The second-order valence-corrected chi connectivity index (χ2v) is 5.92. The molecule has 0 unspecified atom stereocenters. The molecular formula is C15H27NO. The molecular weight excluding hydrogens is 210 g/mol. The number of carbonyl (C=O) groups is 1. The number of hydrogen-bond donors (Lipinski definition) is 0. The third-order valence-corrected chi connectivity index (χ3v) is 3.87. The molecule has 98 valence electrons. The van der Waals surface area contributed by atoms with E-state index in [-0.39, 0.29) is 0 Å². The van der Waals surface area contributed by atoms with E-state index in [1.807, 2.05) is 20.2 Å². The average molecular weight is 237 g/mol. The van der Waals surface area contributed by atoms with Gasteiger partial charge in [-0.05, 0) is 57.7 Å². The lowest BCUT2D eigenvalue weighted by Gasteiger charge is -2.29. The molecule has 2 heteroatoms. The Balaban J connectivity index is 2.33. The van der Waals surface area contributed by atoms with Crippen LogP contribution < -0.4 is 0 Å². The van der Waals surface area contributed by atoms with Crippen molar-refractivity contribution in [1.82, 2.24) is 4.90 Å². The molecule has 0 amide bonds. The first kappa shape index (κ1) is 14.4. The standard InChI is InChI=1S/C15H27NO/c1-12(2)13-7-9-14(10-8-13)15(17)6-5-11-16(3)4/h5-6,12-14H,7-11H2,1-4H3/b6-5+. The van der Waals surface area contributed by atoms with Gasteiger partial charge in [-0.15, -0.1) is 0 Å². The van der Waals surface area contributed by atoms with E-state index in [9.17, 15) is 4.79 Å². The van der Waals surface area contributed by atoms with Gasteiger partial charge in [0.05, 0.1) is 0 Å². The second-order valence-electron chi connectivity index (χ2n) is 5.92. The van der Waals surface area contributed by atoms with Crippen LogP contribution in [0.1, 0.15) is 39.5 Å². The SMILES string of the molecule is CC(C)C1CCC(C(=O)/C=C/CN(C)C)CC1. The Kier molecular flexibility index (Phi) is 5.90. The van der Waals surface area contributed by atoms with Gasteiger partial charge in [0.1, 0.15) is 0 Å². The normalized spacial score (nSPS) is 26.0. The molecule has 2 nitrogen and oxygen atoms in total. The van der Waals surface area contributed by atoms with E-state index in [4.69, 9.17) is 0 Å². The molecule has 0 N–H and O–H groups in total. The van der Waals surface area contributed by atoms with E-state index in [2.05, 4.69) is 18.7 Å². The fraction of sp³-hybridized carbons (Fsp3) is 0.800. The van der Waals surface area contributed by atoms with E-state index in [1.54, 1.807) is 6.08 Å². The summed E-state index contributed by atoms with van der Waals surface area (Å²) in [7, 11) is 4.03. The van der Waals surface area contributed by atoms with Crippen molar-refractivity contribution >= 4 is 5.78 Å². The van der Waals surface area contributed by atoms with Crippen molar-refractivity contribution in [2.45, 2.75) is 39.5 Å². The molecule has 17 heavy (non-hydrogen) atoms. The molecule has 0 aromatic heterocycles. The fourth-order valence-corrected chi connectivity index (χ4v) is 2.59. The molecule has 0 atom stereocenters. The number of likely N-dealkylation sites (N-methyl/N-ethyl adjacent to an activating group) is 1. The summed E-state index contributed by atoms with van der Waals surface area (Å²) in [5, 5.41) is 0. The summed E-state index contributed by atoms with van der Waals surface area (Å²) in [5.74, 6) is 2.25. The van der Waals surface area contributed by atoms with Crippen molar-refractivity contribution in [3.05, 3.63) is 12.2 Å². The summed E-state index contributed by atoms with van der Waals surface area (Å²) >= 11 is 0. The summed E-state index contributed by atoms with van der Waals surface area (Å²) < 4.78 is 0. The smallest absolute Gasteiger partial charge is 0.158 e. The van der Waals surface area contributed by atoms with Crippen molar-refractivity contribution in [3.63, 3.8) is 0 Å². The van der Waals surface area contributed by atoms with Gasteiger partial charge in [-0.25, -0.2) is 0 Å². The van der Waals surface area contributed by atoms with Crippen LogP contribution in [-0.4, -0.2) is 31.3 Å². The zero-order valence-electron chi connectivity index (χ0n) is 11.8. The quantitative estimate of drug-likeness (QED) is 0.685. The fourth-order valence-electron chi connectivity index (χ4n) is 2.59. The van der Waals surface area contributed by atoms with Gasteiger partial charge in [-0.3, -0.25) is 4.79 Å². The molecule has 0 bridgehead atoms. The van der Waals surface area contributed by atoms with Crippen molar-refractivity contribution in [1.29, 1.82) is 0 Å². The van der Waals surface area contributed by atoms with Gasteiger partial charge in [-0.2, -0.15) is 0 Å². The monoisotopic (exact) mass is 237 g/mol. The van der Waals surface area contributed by atoms with Crippen molar-refractivity contribution in [3.8, 4) is 0 Å². The van der Waals surface area contributed by atoms with E-state index in [0.717, 1.165) is 31.2 Å². The predicted molar refractivity (Wildman–Crippen MR) is 73.0 cm³/mol. The van der Waals surface area contributed by atoms with Gasteiger partial charge in [0, 0.05) is 12.5 Å². The number of hydrogen-bond acceptors (Lipinski definition) is 2. The van der Waals surface area contributed by atoms with Gasteiger partial charge in [0.15, 0.2) is 5.78 Å². The lowest BCUT2D eigenvalue weighted by atomic mass is 9.75. The van der Waals surface area contributed by atoms with Crippen LogP contribution in [0.5, 0.6) is 0 Å². The lowest BCUT2D eigenvalue weighted by Crippen LogP contribution is -2.23. The Bertz CT molecular complexity index is 260. The predicted octanol–water partition coefficient (Wildman–Crippen LogP) is 3.14. The molecule has 0 aromatic carbocycles. The largest absolute Gasteiger partial charge is 0.306 e. The molecule has 0 spiro atoms. The first-order valence-electron chi connectivity index (χ1n) is 6.85. The number of nitrogens with zero attached hydrogens (tertiary/aromatic N) is 1. The number of carbonyl (C=O) groups excluding carboxylic acids is 1. The highest BCUT2D eigenvalue weighted by molar-refractivity contribution is 5.91. The van der Waals surface area contributed by atoms with Crippen molar-refractivity contribution in [2.75, 3.05) is 20.6 Å². The molecule has 1 fully saturated rings. The molecule has 0 saturated heterocycles. The van der Waals surface area contributed by atoms with Crippen LogP contribution in [0.3, 0.4) is 0 Å². The summed E-state index contributed by atoms with van der Waals surface area (Å²) in [4.78, 5) is 14.0. The van der Waals surface area contributed by atoms with Crippen molar-refractivity contribution in [2.24, 2.45) is 17.8 Å². The third-order valence-electron chi connectivity index (χ3n) is 3.87. The van der Waals surface area contributed by atoms with Crippen LogP contribution in [-0.2, 0) is 4.79 Å². The molecule has 0 radical (unpaired) electrons. The zero-order chi connectivity index (χ0) is 12.8. The zero-order valence-corrected chi connectivity index (χ0v) is 11.8. The van der Waals surface area contributed by atoms with Gasteiger partial charge in [-0.1, -0.05) is 19.9 Å². The molecule has 1 aliphatic carbocycles. The Morgan fingerprint density at radius 1 is 1.24 bits per heavy atom. The highest BCUT2D eigenvalue weighted by Gasteiger charge is 2.26. The highest BCUT2D eigenvalue weighted by Crippen LogP contribution is 2.33. The maximum Gasteiger partial charge on any atom is 0.158 e. The highest BCUT2D eigenvalue weighted by atomic mass is 16.1. The second kappa shape index (κ2) is 6.95. The molecule has 1 rings (SSSR count). The molecule has 0 aromatic rings. The maximum atomic E-state index is 12.0. The number of allylic oxidation sites excluding steroid dienone is 1. The molecule has 1 saturated carbocycles. The van der Waals surface area contributed by atoms with E-state index in [0.29, 0.717) is 11.7 Å². The summed E-state index contributed by atoms with van der Waals surface area (Å²) in [6.07, 6.45) is 8.42. The van der Waals surface area contributed by atoms with E-state index in [1.165, 1.54) is 12.8 Å². The minimum Gasteiger partial charge on any atom is -0.306 e. The Hall–Kier alpha value is -0.630. The average Bonchev–Trinajstić information content (AvgIpc) is 2.28. The number of ketones is 1.